The first kappa shape index (κ1) is 17.9. The summed E-state index contributed by atoms with van der Waals surface area (Å²) in [5.41, 5.74) is 3.60. The van der Waals surface area contributed by atoms with Crippen molar-refractivity contribution in [2.45, 2.75) is 6.42 Å². The van der Waals surface area contributed by atoms with E-state index in [0.29, 0.717) is 22.7 Å². The summed E-state index contributed by atoms with van der Waals surface area (Å²) in [6.07, 6.45) is 0.718. The summed E-state index contributed by atoms with van der Waals surface area (Å²) in [5, 5.41) is 13.9. The molecule has 0 radical (unpaired) electrons. The second-order valence-electron chi connectivity index (χ2n) is 5.85. The van der Waals surface area contributed by atoms with Crippen molar-refractivity contribution in [2.75, 3.05) is 6.54 Å². The Balaban J connectivity index is 1.66. The third-order valence-electron chi connectivity index (χ3n) is 4.08. The topological polar surface area (TPSA) is 78.4 Å². The van der Waals surface area contributed by atoms with Crippen LogP contribution in [0.3, 0.4) is 0 Å². The van der Waals surface area contributed by atoms with E-state index in [1.165, 1.54) is 0 Å². The van der Waals surface area contributed by atoms with Crippen LogP contribution in [0.1, 0.15) is 26.3 Å². The van der Waals surface area contributed by atoms with Crippen molar-refractivity contribution in [2.24, 2.45) is 0 Å². The Bertz CT molecular complexity index is 955. The molecule has 6 heteroatoms. The highest BCUT2D eigenvalue weighted by atomic mass is 35.5. The van der Waals surface area contributed by atoms with E-state index in [0.717, 1.165) is 22.8 Å². The van der Waals surface area contributed by atoms with Gasteiger partial charge in [0.05, 0.1) is 0 Å². The van der Waals surface area contributed by atoms with E-state index in [2.05, 4.69) is 5.32 Å². The maximum atomic E-state index is 12.3. The smallest absolute Gasteiger partial charge is 0.274 e. The van der Waals surface area contributed by atoms with Crippen LogP contribution in [0.15, 0.2) is 60.7 Å². The van der Waals surface area contributed by atoms with Crippen LogP contribution in [-0.4, -0.2) is 23.6 Å². The van der Waals surface area contributed by atoms with Gasteiger partial charge in [-0.3, -0.25) is 14.8 Å². The van der Waals surface area contributed by atoms with Gasteiger partial charge in [0.2, 0.25) is 0 Å². The fraction of sp³-hybridized carbons (Fsp3) is 0.100. The van der Waals surface area contributed by atoms with Gasteiger partial charge in [0.15, 0.2) is 0 Å². The SMILES string of the molecule is O=C(NO)c1ccc2cc(C(=O)NCCc3ccc(Cl)cc3)ccc2c1. The van der Waals surface area contributed by atoms with Crippen LogP contribution in [0.25, 0.3) is 10.8 Å². The largest absolute Gasteiger partial charge is 0.352 e. The van der Waals surface area contributed by atoms with Crippen molar-refractivity contribution in [1.82, 2.24) is 10.8 Å². The number of benzene rings is 3. The minimum atomic E-state index is -0.573. The first-order chi connectivity index (χ1) is 12.6. The molecular weight excluding hydrogens is 352 g/mol. The van der Waals surface area contributed by atoms with Crippen molar-refractivity contribution < 1.29 is 14.8 Å². The molecule has 2 amide bonds. The number of amides is 2. The van der Waals surface area contributed by atoms with Crippen LogP contribution in [-0.2, 0) is 6.42 Å². The van der Waals surface area contributed by atoms with Crippen LogP contribution in [0.5, 0.6) is 0 Å². The summed E-state index contributed by atoms with van der Waals surface area (Å²) in [6.45, 7) is 0.522. The Morgan fingerprint density at radius 3 is 2.00 bits per heavy atom. The minimum absolute atomic E-state index is 0.155. The number of carbonyl (C=O) groups excluding carboxylic acids is 2. The Hall–Kier alpha value is -2.89. The van der Waals surface area contributed by atoms with E-state index in [4.69, 9.17) is 16.8 Å². The molecule has 3 aromatic carbocycles. The molecule has 0 unspecified atom stereocenters. The quantitative estimate of drug-likeness (QED) is 0.475. The van der Waals surface area contributed by atoms with Crippen LogP contribution in [0.2, 0.25) is 5.02 Å². The zero-order valence-corrected chi connectivity index (χ0v) is 14.6. The van der Waals surface area contributed by atoms with Gasteiger partial charge in [0.25, 0.3) is 11.8 Å². The molecule has 0 bridgehead atoms. The van der Waals surface area contributed by atoms with Crippen molar-refractivity contribution >= 4 is 34.2 Å². The van der Waals surface area contributed by atoms with Gasteiger partial charge < -0.3 is 5.32 Å². The Labute approximate surface area is 155 Å². The lowest BCUT2D eigenvalue weighted by Crippen LogP contribution is -2.25. The zero-order valence-electron chi connectivity index (χ0n) is 13.8. The van der Waals surface area contributed by atoms with Gasteiger partial charge in [0, 0.05) is 22.7 Å². The molecule has 0 aromatic heterocycles. The second kappa shape index (κ2) is 7.99. The molecule has 0 heterocycles. The fourth-order valence-electron chi connectivity index (χ4n) is 2.67. The van der Waals surface area contributed by atoms with Gasteiger partial charge in [-0.1, -0.05) is 35.9 Å². The van der Waals surface area contributed by atoms with Crippen molar-refractivity contribution in [3.8, 4) is 0 Å². The van der Waals surface area contributed by atoms with Gasteiger partial charge in [-0.2, -0.15) is 0 Å². The summed E-state index contributed by atoms with van der Waals surface area (Å²) in [4.78, 5) is 23.8. The number of nitrogens with one attached hydrogen (secondary N) is 2. The lowest BCUT2D eigenvalue weighted by Gasteiger charge is -2.07. The number of rotatable bonds is 5. The number of carbonyl (C=O) groups is 2. The lowest BCUT2D eigenvalue weighted by molar-refractivity contribution is 0.0706. The van der Waals surface area contributed by atoms with Gasteiger partial charge in [-0.25, -0.2) is 5.48 Å². The third kappa shape index (κ3) is 4.20. The highest BCUT2D eigenvalue weighted by Gasteiger charge is 2.08. The molecule has 0 aliphatic carbocycles. The highest BCUT2D eigenvalue weighted by Crippen LogP contribution is 2.18. The molecule has 3 N–H and O–H groups in total. The van der Waals surface area contributed by atoms with Gasteiger partial charge in [0.1, 0.15) is 0 Å². The zero-order chi connectivity index (χ0) is 18.5. The second-order valence-corrected chi connectivity index (χ2v) is 6.29. The summed E-state index contributed by atoms with van der Waals surface area (Å²) in [7, 11) is 0. The van der Waals surface area contributed by atoms with Crippen LogP contribution in [0.4, 0.5) is 0 Å². The van der Waals surface area contributed by atoms with E-state index in [-0.39, 0.29) is 5.91 Å². The first-order valence-corrected chi connectivity index (χ1v) is 8.45. The Kier molecular flexibility index (Phi) is 5.51. The molecule has 0 saturated carbocycles. The van der Waals surface area contributed by atoms with Crippen molar-refractivity contribution in [3.05, 3.63) is 82.4 Å². The molecule has 0 aliphatic rings. The molecule has 0 aliphatic heterocycles. The number of hydrogen-bond donors (Lipinski definition) is 3. The maximum absolute atomic E-state index is 12.3. The fourth-order valence-corrected chi connectivity index (χ4v) is 2.79. The predicted molar refractivity (Wildman–Crippen MR) is 101 cm³/mol. The summed E-state index contributed by atoms with van der Waals surface area (Å²) in [5.74, 6) is -0.728. The Morgan fingerprint density at radius 2 is 1.42 bits per heavy atom. The van der Waals surface area contributed by atoms with E-state index >= 15 is 0 Å². The van der Waals surface area contributed by atoms with E-state index in [9.17, 15) is 9.59 Å². The number of halogens is 1. The Morgan fingerprint density at radius 1 is 0.846 bits per heavy atom. The van der Waals surface area contributed by atoms with E-state index in [1.807, 2.05) is 24.3 Å². The van der Waals surface area contributed by atoms with Crippen LogP contribution in [0, 0.1) is 0 Å². The summed E-state index contributed by atoms with van der Waals surface area (Å²) in [6, 6.07) is 17.8. The lowest BCUT2D eigenvalue weighted by atomic mass is 10.0. The number of hydrogen-bond acceptors (Lipinski definition) is 3. The molecule has 132 valence electrons. The molecular formula is C20H17ClN2O3. The normalized spacial score (nSPS) is 10.5. The van der Waals surface area contributed by atoms with Crippen molar-refractivity contribution in [3.63, 3.8) is 0 Å². The molecule has 3 rings (SSSR count). The van der Waals surface area contributed by atoms with E-state index in [1.54, 1.807) is 41.9 Å². The van der Waals surface area contributed by atoms with Gasteiger partial charge >= 0.3 is 0 Å². The molecule has 0 saturated heterocycles. The first-order valence-electron chi connectivity index (χ1n) is 8.08. The number of fused-ring (bicyclic) bond motifs is 1. The molecule has 0 spiro atoms. The highest BCUT2D eigenvalue weighted by molar-refractivity contribution is 6.30. The molecule has 5 nitrogen and oxygen atoms in total. The molecule has 3 aromatic rings. The maximum Gasteiger partial charge on any atom is 0.274 e. The average Bonchev–Trinajstić information content (AvgIpc) is 2.68. The predicted octanol–water partition coefficient (Wildman–Crippen LogP) is 3.58. The van der Waals surface area contributed by atoms with Gasteiger partial charge in [-0.05, 0) is 59.2 Å². The molecule has 0 atom stereocenters. The van der Waals surface area contributed by atoms with E-state index < -0.39 is 5.91 Å². The molecule has 26 heavy (non-hydrogen) atoms. The third-order valence-corrected chi connectivity index (χ3v) is 4.33. The van der Waals surface area contributed by atoms with Crippen LogP contribution >= 0.6 is 11.6 Å². The average molecular weight is 369 g/mol. The minimum Gasteiger partial charge on any atom is -0.352 e. The van der Waals surface area contributed by atoms with Crippen LogP contribution < -0.4 is 10.8 Å². The van der Waals surface area contributed by atoms with Gasteiger partial charge in [-0.15, -0.1) is 0 Å². The van der Waals surface area contributed by atoms with Crippen molar-refractivity contribution in [1.29, 1.82) is 0 Å². The molecule has 0 fully saturated rings. The number of hydroxylamine groups is 1. The standard InChI is InChI=1S/C20H17ClN2O3/c21-18-7-1-13(2-8-18)9-10-22-19(24)16-5-3-15-12-17(20(25)23-26)6-4-14(15)11-16/h1-8,11-12,26H,9-10H2,(H,22,24)(H,23,25). The summed E-state index contributed by atoms with van der Waals surface area (Å²) >= 11 is 5.85. The summed E-state index contributed by atoms with van der Waals surface area (Å²) < 4.78 is 0. The monoisotopic (exact) mass is 368 g/mol.